The lowest BCUT2D eigenvalue weighted by atomic mass is 10.2. The first kappa shape index (κ1) is 13.9. The van der Waals surface area contributed by atoms with Gasteiger partial charge in [-0.05, 0) is 5.21 Å². The van der Waals surface area contributed by atoms with Gasteiger partial charge in [0.15, 0.2) is 0 Å². The Morgan fingerprint density at radius 1 is 1.27 bits per heavy atom. The number of carbonyl (C=O) groups is 1. The summed E-state index contributed by atoms with van der Waals surface area (Å²) in [6.07, 6.45) is 3.56. The number of aryl methyl sites for hydroxylation is 1. The van der Waals surface area contributed by atoms with Gasteiger partial charge < -0.3 is 5.32 Å². The first-order valence-electron chi connectivity index (χ1n) is 6.78. The van der Waals surface area contributed by atoms with Gasteiger partial charge in [0.05, 0.1) is 6.20 Å². The van der Waals surface area contributed by atoms with Gasteiger partial charge in [-0.25, -0.2) is 0 Å². The molecule has 0 aliphatic rings. The van der Waals surface area contributed by atoms with Crippen molar-refractivity contribution in [1.29, 1.82) is 0 Å². The van der Waals surface area contributed by atoms with Gasteiger partial charge in [-0.1, -0.05) is 30.3 Å². The summed E-state index contributed by atoms with van der Waals surface area (Å²) < 4.78 is 1.69. The van der Waals surface area contributed by atoms with E-state index in [2.05, 4.69) is 25.8 Å². The van der Waals surface area contributed by atoms with Crippen LogP contribution in [-0.2, 0) is 24.9 Å². The molecule has 1 amide bonds. The minimum Gasteiger partial charge on any atom is -0.350 e. The molecule has 0 atom stereocenters. The number of hydrogen-bond donors (Lipinski definition) is 1. The molecule has 2 aromatic heterocycles. The van der Waals surface area contributed by atoms with Crippen molar-refractivity contribution in [1.82, 2.24) is 35.3 Å². The average molecular weight is 297 g/mol. The molecule has 1 aromatic carbocycles. The zero-order valence-corrected chi connectivity index (χ0v) is 12.0. The van der Waals surface area contributed by atoms with Gasteiger partial charge in [0.1, 0.15) is 6.54 Å². The van der Waals surface area contributed by atoms with Crippen LogP contribution in [0, 0.1) is 0 Å². The van der Waals surface area contributed by atoms with E-state index in [1.54, 1.807) is 10.9 Å². The van der Waals surface area contributed by atoms with Crippen molar-refractivity contribution in [2.24, 2.45) is 7.05 Å². The molecule has 0 radical (unpaired) electrons. The van der Waals surface area contributed by atoms with E-state index in [9.17, 15) is 4.79 Å². The average Bonchev–Trinajstić information content (AvgIpc) is 3.15. The minimum absolute atomic E-state index is 0.0279. The predicted molar refractivity (Wildman–Crippen MR) is 78.3 cm³/mol. The van der Waals surface area contributed by atoms with E-state index < -0.39 is 0 Å². The summed E-state index contributed by atoms with van der Waals surface area (Å²) in [5.41, 5.74) is 1.80. The van der Waals surface area contributed by atoms with Crippen LogP contribution in [-0.4, -0.2) is 35.9 Å². The number of amides is 1. The first-order valence-corrected chi connectivity index (χ1v) is 6.78. The van der Waals surface area contributed by atoms with Crippen molar-refractivity contribution in [2.45, 2.75) is 13.1 Å². The van der Waals surface area contributed by atoms with Crippen LogP contribution in [0.1, 0.15) is 5.56 Å². The van der Waals surface area contributed by atoms with Crippen molar-refractivity contribution in [3.8, 4) is 11.4 Å². The molecular formula is C14H15N7O. The Labute approximate surface area is 126 Å². The fourth-order valence-electron chi connectivity index (χ4n) is 1.96. The number of benzene rings is 1. The third kappa shape index (κ3) is 3.35. The highest BCUT2D eigenvalue weighted by Crippen LogP contribution is 2.11. The third-order valence-electron chi connectivity index (χ3n) is 3.02. The lowest BCUT2D eigenvalue weighted by Crippen LogP contribution is -2.28. The van der Waals surface area contributed by atoms with E-state index >= 15 is 0 Å². The number of rotatable bonds is 5. The largest absolute Gasteiger partial charge is 0.350 e. The Kier molecular flexibility index (Phi) is 3.90. The Bertz CT molecular complexity index is 762. The van der Waals surface area contributed by atoms with Crippen LogP contribution in [0.4, 0.5) is 0 Å². The second kappa shape index (κ2) is 6.17. The molecule has 0 bridgehead atoms. The molecule has 0 aliphatic carbocycles. The zero-order valence-electron chi connectivity index (χ0n) is 12.0. The SMILES string of the molecule is Cn1cc(CNC(=O)Cn2nnc(-c3ccccc3)n2)cn1. The van der Waals surface area contributed by atoms with Crippen molar-refractivity contribution < 1.29 is 4.79 Å². The van der Waals surface area contributed by atoms with Gasteiger partial charge >= 0.3 is 0 Å². The Morgan fingerprint density at radius 3 is 2.82 bits per heavy atom. The van der Waals surface area contributed by atoms with Crippen LogP contribution in [0.5, 0.6) is 0 Å². The van der Waals surface area contributed by atoms with Crippen molar-refractivity contribution in [2.75, 3.05) is 0 Å². The number of hydrogen-bond acceptors (Lipinski definition) is 5. The number of tetrazole rings is 1. The van der Waals surface area contributed by atoms with Gasteiger partial charge in [0.2, 0.25) is 11.7 Å². The number of nitrogens with zero attached hydrogens (tertiary/aromatic N) is 6. The highest BCUT2D eigenvalue weighted by molar-refractivity contribution is 5.75. The van der Waals surface area contributed by atoms with Crippen LogP contribution in [0.2, 0.25) is 0 Å². The summed E-state index contributed by atoms with van der Waals surface area (Å²) in [5.74, 6) is 0.321. The molecular weight excluding hydrogens is 282 g/mol. The fourth-order valence-corrected chi connectivity index (χ4v) is 1.96. The second-order valence-electron chi connectivity index (χ2n) is 4.81. The van der Waals surface area contributed by atoms with E-state index in [0.29, 0.717) is 12.4 Å². The highest BCUT2D eigenvalue weighted by atomic mass is 16.2. The molecule has 0 unspecified atom stereocenters. The van der Waals surface area contributed by atoms with Crippen molar-refractivity contribution in [3.63, 3.8) is 0 Å². The summed E-state index contributed by atoms with van der Waals surface area (Å²) in [4.78, 5) is 13.2. The molecule has 0 saturated heterocycles. The molecule has 112 valence electrons. The van der Waals surface area contributed by atoms with E-state index in [1.165, 1.54) is 4.80 Å². The lowest BCUT2D eigenvalue weighted by molar-refractivity contribution is -0.122. The van der Waals surface area contributed by atoms with Crippen molar-refractivity contribution >= 4 is 5.91 Å². The van der Waals surface area contributed by atoms with Crippen LogP contribution < -0.4 is 5.32 Å². The van der Waals surface area contributed by atoms with Crippen LogP contribution >= 0.6 is 0 Å². The summed E-state index contributed by atoms with van der Waals surface area (Å²) >= 11 is 0. The van der Waals surface area contributed by atoms with Gasteiger partial charge in [-0.2, -0.15) is 9.90 Å². The van der Waals surface area contributed by atoms with E-state index in [0.717, 1.165) is 11.1 Å². The molecule has 8 nitrogen and oxygen atoms in total. The Hall–Kier alpha value is -3.03. The molecule has 0 aliphatic heterocycles. The molecule has 2 heterocycles. The van der Waals surface area contributed by atoms with Gasteiger partial charge in [0.25, 0.3) is 0 Å². The molecule has 1 N–H and O–H groups in total. The Morgan fingerprint density at radius 2 is 2.09 bits per heavy atom. The maximum absolute atomic E-state index is 11.9. The maximum atomic E-state index is 11.9. The Balaban J connectivity index is 1.57. The molecule has 0 saturated carbocycles. The highest BCUT2D eigenvalue weighted by Gasteiger charge is 2.09. The monoisotopic (exact) mass is 297 g/mol. The van der Waals surface area contributed by atoms with E-state index in [4.69, 9.17) is 0 Å². The third-order valence-corrected chi connectivity index (χ3v) is 3.02. The quantitative estimate of drug-likeness (QED) is 0.735. The molecule has 3 aromatic rings. The van der Waals surface area contributed by atoms with Gasteiger partial charge in [0, 0.05) is 30.9 Å². The lowest BCUT2D eigenvalue weighted by Gasteiger charge is -2.02. The molecule has 0 spiro atoms. The van der Waals surface area contributed by atoms with Crippen LogP contribution in [0.15, 0.2) is 42.7 Å². The van der Waals surface area contributed by atoms with Gasteiger partial charge in [-0.15, -0.1) is 10.2 Å². The van der Waals surface area contributed by atoms with Crippen LogP contribution in [0.25, 0.3) is 11.4 Å². The molecule has 0 fully saturated rings. The number of aromatic nitrogens is 6. The molecule has 8 heteroatoms. The summed E-state index contributed by atoms with van der Waals surface area (Å²) in [6.45, 7) is 0.451. The fraction of sp³-hybridized carbons (Fsp3) is 0.214. The second-order valence-corrected chi connectivity index (χ2v) is 4.81. The summed E-state index contributed by atoms with van der Waals surface area (Å²) in [7, 11) is 1.83. The maximum Gasteiger partial charge on any atom is 0.243 e. The molecule has 3 rings (SSSR count). The van der Waals surface area contributed by atoms with Crippen LogP contribution in [0.3, 0.4) is 0 Å². The molecule has 22 heavy (non-hydrogen) atoms. The number of carbonyl (C=O) groups excluding carboxylic acids is 1. The summed E-state index contributed by atoms with van der Waals surface area (Å²) in [5, 5.41) is 18.9. The predicted octanol–water partition coefficient (Wildman–Crippen LogP) is 0.390. The normalized spacial score (nSPS) is 10.6. The van der Waals surface area contributed by atoms with Gasteiger partial charge in [-0.3, -0.25) is 9.48 Å². The standard InChI is InChI=1S/C14H15N7O/c1-20-9-11(8-16-20)7-15-13(22)10-21-18-14(17-19-21)12-5-3-2-4-6-12/h2-6,8-9H,7,10H2,1H3,(H,15,22). The number of nitrogens with one attached hydrogen (secondary N) is 1. The van der Waals surface area contributed by atoms with Crippen molar-refractivity contribution in [3.05, 3.63) is 48.3 Å². The summed E-state index contributed by atoms with van der Waals surface area (Å²) in [6, 6.07) is 9.50. The minimum atomic E-state index is -0.180. The smallest absolute Gasteiger partial charge is 0.243 e. The topological polar surface area (TPSA) is 90.5 Å². The van der Waals surface area contributed by atoms with E-state index in [-0.39, 0.29) is 12.5 Å². The first-order chi connectivity index (χ1) is 10.7. The van der Waals surface area contributed by atoms with E-state index in [1.807, 2.05) is 43.6 Å². The zero-order chi connectivity index (χ0) is 15.4.